The minimum absolute atomic E-state index is 0.0523. The summed E-state index contributed by atoms with van der Waals surface area (Å²) in [7, 11) is 0. The second-order valence-corrected chi connectivity index (χ2v) is 5.04. The topological polar surface area (TPSA) is 75.6 Å². The molecule has 2 rings (SSSR count). The number of carboxylic acids is 1. The van der Waals surface area contributed by atoms with Crippen LogP contribution in [0.4, 0.5) is 4.79 Å². The van der Waals surface area contributed by atoms with E-state index in [1.807, 2.05) is 18.2 Å². The minimum atomic E-state index is -1.28. The Hall–Kier alpha value is -2.79. The van der Waals surface area contributed by atoms with Gasteiger partial charge in [-0.1, -0.05) is 54.1 Å². The smallest absolute Gasteiger partial charge is 0.412 e. The van der Waals surface area contributed by atoms with E-state index in [1.165, 1.54) is 6.08 Å². The number of benzene rings is 2. The lowest BCUT2D eigenvalue weighted by Crippen LogP contribution is -2.27. The van der Waals surface area contributed by atoms with E-state index in [-0.39, 0.29) is 12.3 Å². The molecule has 0 unspecified atom stereocenters. The van der Waals surface area contributed by atoms with Gasteiger partial charge in [0.2, 0.25) is 0 Å². The van der Waals surface area contributed by atoms with Gasteiger partial charge in [0.05, 0.1) is 0 Å². The van der Waals surface area contributed by atoms with Crippen molar-refractivity contribution in [3.63, 3.8) is 0 Å². The number of carbonyl (C=O) groups is 2. The van der Waals surface area contributed by atoms with Gasteiger partial charge in [0.1, 0.15) is 12.3 Å². The highest BCUT2D eigenvalue weighted by Crippen LogP contribution is 2.13. The first-order valence-electron chi connectivity index (χ1n) is 6.73. The fraction of sp³-hybridized carbons (Fsp3) is 0.0588. The highest BCUT2D eigenvalue weighted by Gasteiger charge is 2.12. The van der Waals surface area contributed by atoms with Crippen LogP contribution < -0.4 is 5.32 Å². The maximum absolute atomic E-state index is 11.7. The standard InChI is InChI=1S/C17H14ClNO4/c18-14-8-4-7-13(9-14)10-15(16(20)21)19-17(22)23-11-12-5-2-1-3-6-12/h1-10H,11H2,(H,19,22)(H,20,21)/b15-10-. The number of aliphatic carboxylic acids is 1. The molecule has 0 radical (unpaired) electrons. The zero-order chi connectivity index (χ0) is 16.7. The van der Waals surface area contributed by atoms with Crippen LogP contribution in [0, 0.1) is 0 Å². The van der Waals surface area contributed by atoms with E-state index in [2.05, 4.69) is 5.32 Å². The van der Waals surface area contributed by atoms with E-state index < -0.39 is 12.1 Å². The van der Waals surface area contributed by atoms with Crippen molar-refractivity contribution >= 4 is 29.7 Å². The highest BCUT2D eigenvalue weighted by molar-refractivity contribution is 6.30. The number of hydrogen-bond donors (Lipinski definition) is 2. The van der Waals surface area contributed by atoms with Crippen molar-refractivity contribution in [3.05, 3.63) is 76.4 Å². The predicted octanol–water partition coefficient (Wildman–Crippen LogP) is 3.69. The Labute approximate surface area is 138 Å². The van der Waals surface area contributed by atoms with Gasteiger partial charge in [0.25, 0.3) is 0 Å². The molecule has 0 saturated heterocycles. The SMILES string of the molecule is O=C(N/C(=C\c1cccc(Cl)c1)C(=O)O)OCc1ccccc1. The first kappa shape index (κ1) is 16.6. The third kappa shape index (κ3) is 5.48. The van der Waals surface area contributed by atoms with Gasteiger partial charge in [-0.15, -0.1) is 0 Å². The fourth-order valence-electron chi connectivity index (χ4n) is 1.78. The molecule has 0 heterocycles. The van der Waals surface area contributed by atoms with Crippen LogP contribution in [-0.2, 0) is 16.1 Å². The molecule has 23 heavy (non-hydrogen) atoms. The monoisotopic (exact) mass is 331 g/mol. The second-order valence-electron chi connectivity index (χ2n) is 4.60. The van der Waals surface area contributed by atoms with Gasteiger partial charge in [-0.2, -0.15) is 0 Å². The van der Waals surface area contributed by atoms with Gasteiger partial charge in [0.15, 0.2) is 0 Å². The average Bonchev–Trinajstić information content (AvgIpc) is 2.53. The van der Waals surface area contributed by atoms with Crippen LogP contribution in [0.15, 0.2) is 60.3 Å². The Morgan fingerprint density at radius 2 is 1.87 bits per heavy atom. The summed E-state index contributed by atoms with van der Waals surface area (Å²) in [5.74, 6) is -1.28. The number of carboxylic acid groups (broad SMARTS) is 1. The van der Waals surface area contributed by atoms with Crippen molar-refractivity contribution in [1.82, 2.24) is 5.32 Å². The molecule has 5 nitrogen and oxygen atoms in total. The molecule has 0 saturated carbocycles. The van der Waals surface area contributed by atoms with Gasteiger partial charge in [-0.3, -0.25) is 5.32 Å². The van der Waals surface area contributed by atoms with Crippen LogP contribution in [0.1, 0.15) is 11.1 Å². The normalized spacial score (nSPS) is 10.9. The number of halogens is 1. The van der Waals surface area contributed by atoms with E-state index >= 15 is 0 Å². The number of amides is 1. The number of rotatable bonds is 5. The molecular weight excluding hydrogens is 318 g/mol. The van der Waals surface area contributed by atoms with E-state index in [0.717, 1.165) is 5.56 Å². The predicted molar refractivity (Wildman–Crippen MR) is 86.8 cm³/mol. The second kappa shape index (κ2) is 8.00. The summed E-state index contributed by atoms with van der Waals surface area (Å²) >= 11 is 5.84. The van der Waals surface area contributed by atoms with Crippen molar-refractivity contribution in [1.29, 1.82) is 0 Å². The van der Waals surface area contributed by atoms with Crippen LogP contribution >= 0.6 is 11.6 Å². The molecule has 0 spiro atoms. The lowest BCUT2D eigenvalue weighted by atomic mass is 10.2. The van der Waals surface area contributed by atoms with Crippen molar-refractivity contribution < 1.29 is 19.4 Å². The van der Waals surface area contributed by atoms with E-state index in [1.54, 1.807) is 36.4 Å². The summed E-state index contributed by atoms with van der Waals surface area (Å²) < 4.78 is 4.99. The molecule has 6 heteroatoms. The Morgan fingerprint density at radius 1 is 1.13 bits per heavy atom. The Balaban J connectivity index is 2.01. The van der Waals surface area contributed by atoms with Crippen LogP contribution in [0.3, 0.4) is 0 Å². The van der Waals surface area contributed by atoms with Gasteiger partial charge >= 0.3 is 12.1 Å². The van der Waals surface area contributed by atoms with Crippen LogP contribution in [0.2, 0.25) is 5.02 Å². The maximum atomic E-state index is 11.7. The van der Waals surface area contributed by atoms with E-state index in [0.29, 0.717) is 10.6 Å². The van der Waals surface area contributed by atoms with E-state index in [9.17, 15) is 9.59 Å². The molecule has 0 atom stereocenters. The largest absolute Gasteiger partial charge is 0.477 e. The molecule has 0 fully saturated rings. The lowest BCUT2D eigenvalue weighted by molar-refractivity contribution is -0.132. The highest BCUT2D eigenvalue weighted by atomic mass is 35.5. The van der Waals surface area contributed by atoms with Crippen molar-refractivity contribution in [3.8, 4) is 0 Å². The Morgan fingerprint density at radius 3 is 2.52 bits per heavy atom. The Bertz CT molecular complexity index is 728. The Kier molecular flexibility index (Phi) is 5.77. The summed E-state index contributed by atoms with van der Waals surface area (Å²) in [6.45, 7) is 0.0523. The zero-order valence-corrected chi connectivity index (χ0v) is 12.8. The third-order valence-corrected chi connectivity index (χ3v) is 3.07. The number of alkyl carbamates (subject to hydrolysis) is 1. The molecule has 0 aliphatic rings. The summed E-state index contributed by atoms with van der Waals surface area (Å²) in [5.41, 5.74) is 1.06. The molecule has 0 bridgehead atoms. The first-order chi connectivity index (χ1) is 11.0. The lowest BCUT2D eigenvalue weighted by Gasteiger charge is -2.08. The number of hydrogen-bond acceptors (Lipinski definition) is 3. The van der Waals surface area contributed by atoms with Crippen LogP contribution in [0.5, 0.6) is 0 Å². The number of nitrogens with one attached hydrogen (secondary N) is 1. The molecule has 118 valence electrons. The molecule has 2 N–H and O–H groups in total. The quantitative estimate of drug-likeness (QED) is 0.819. The van der Waals surface area contributed by atoms with Crippen molar-refractivity contribution in [2.45, 2.75) is 6.61 Å². The summed E-state index contributed by atoms with van der Waals surface area (Å²) in [4.78, 5) is 23.0. The third-order valence-electron chi connectivity index (χ3n) is 2.84. The zero-order valence-electron chi connectivity index (χ0n) is 12.0. The van der Waals surface area contributed by atoms with Gasteiger partial charge in [-0.05, 0) is 29.3 Å². The molecule has 1 amide bonds. The molecular formula is C17H14ClNO4. The summed E-state index contributed by atoms with van der Waals surface area (Å²) in [5, 5.41) is 11.8. The summed E-state index contributed by atoms with van der Waals surface area (Å²) in [6.07, 6.45) is 0.461. The minimum Gasteiger partial charge on any atom is -0.477 e. The average molecular weight is 332 g/mol. The fourth-order valence-corrected chi connectivity index (χ4v) is 1.98. The van der Waals surface area contributed by atoms with E-state index in [4.69, 9.17) is 21.4 Å². The number of ether oxygens (including phenoxy) is 1. The molecule has 2 aromatic carbocycles. The molecule has 2 aromatic rings. The van der Waals surface area contributed by atoms with Crippen molar-refractivity contribution in [2.75, 3.05) is 0 Å². The number of carbonyl (C=O) groups excluding carboxylic acids is 1. The van der Waals surface area contributed by atoms with Crippen molar-refractivity contribution in [2.24, 2.45) is 0 Å². The van der Waals surface area contributed by atoms with Gasteiger partial charge < -0.3 is 9.84 Å². The molecule has 0 aliphatic carbocycles. The molecule has 0 aromatic heterocycles. The summed E-state index contributed by atoms with van der Waals surface area (Å²) in [6, 6.07) is 15.7. The van der Waals surface area contributed by atoms with Gasteiger partial charge in [-0.25, -0.2) is 9.59 Å². The maximum Gasteiger partial charge on any atom is 0.412 e. The molecule has 0 aliphatic heterocycles. The van der Waals surface area contributed by atoms with Crippen LogP contribution in [-0.4, -0.2) is 17.2 Å². The first-order valence-corrected chi connectivity index (χ1v) is 7.10. The van der Waals surface area contributed by atoms with Gasteiger partial charge in [0, 0.05) is 5.02 Å². The van der Waals surface area contributed by atoms with Crippen LogP contribution in [0.25, 0.3) is 6.08 Å².